The van der Waals surface area contributed by atoms with E-state index in [4.69, 9.17) is 27.9 Å². The Hall–Kier alpha value is -0.770. The number of nitrogens with zero attached hydrogens (tertiary/aromatic N) is 1. The molecule has 5 heteroatoms. The van der Waals surface area contributed by atoms with Crippen molar-refractivity contribution in [2.24, 2.45) is 0 Å². The summed E-state index contributed by atoms with van der Waals surface area (Å²) in [6.07, 6.45) is 0. The van der Waals surface area contributed by atoms with Crippen molar-refractivity contribution in [2.75, 3.05) is 0 Å². The Morgan fingerprint density at radius 3 is 2.93 bits per heavy atom. The summed E-state index contributed by atoms with van der Waals surface area (Å²) in [4.78, 5) is 3.85. The highest BCUT2D eigenvalue weighted by atomic mass is 35.5. The van der Waals surface area contributed by atoms with Crippen molar-refractivity contribution >= 4 is 34.5 Å². The van der Waals surface area contributed by atoms with Crippen LogP contribution in [0.5, 0.6) is 11.6 Å². The molecule has 0 N–H and O–H groups in total. The van der Waals surface area contributed by atoms with Crippen molar-refractivity contribution in [1.82, 2.24) is 4.98 Å². The molecule has 0 aliphatic heterocycles. The number of aromatic nitrogens is 1. The van der Waals surface area contributed by atoms with Crippen LogP contribution < -0.4 is 4.74 Å². The van der Waals surface area contributed by atoms with Gasteiger partial charge in [-0.05, 0) is 12.1 Å². The van der Waals surface area contributed by atoms with Crippen molar-refractivity contribution in [3.63, 3.8) is 0 Å². The molecule has 0 aliphatic rings. The second-order valence-electron chi connectivity index (χ2n) is 2.45. The molecule has 0 spiro atoms. The fraction of sp³-hybridized carbons (Fsp3) is 0. The van der Waals surface area contributed by atoms with Gasteiger partial charge in [-0.2, -0.15) is 4.98 Å². The van der Waals surface area contributed by atoms with Gasteiger partial charge >= 0.3 is 0 Å². The predicted molar refractivity (Wildman–Crippen MR) is 57.5 cm³/mol. The number of thiazole rings is 1. The third kappa shape index (κ3) is 2.18. The lowest BCUT2D eigenvalue weighted by Gasteiger charge is -2.04. The molecule has 2 rings (SSSR count). The standard InChI is InChI=1S/C9H4Cl2NOS/c10-6-1-2-7(11)8(3-6)13-9-4-14-5-12-9/h1-4H. The van der Waals surface area contributed by atoms with Crippen molar-refractivity contribution < 1.29 is 4.74 Å². The molecule has 0 amide bonds. The Labute approximate surface area is 95.1 Å². The molecule has 1 heterocycles. The van der Waals surface area contributed by atoms with Gasteiger partial charge in [0.1, 0.15) is 5.75 Å². The third-order valence-electron chi connectivity index (χ3n) is 1.48. The minimum absolute atomic E-state index is 0.471. The monoisotopic (exact) mass is 244 g/mol. The summed E-state index contributed by atoms with van der Waals surface area (Å²) in [5.41, 5.74) is 2.67. The van der Waals surface area contributed by atoms with Gasteiger partial charge in [-0.3, -0.25) is 0 Å². The zero-order chi connectivity index (χ0) is 9.97. The third-order valence-corrected chi connectivity index (χ3v) is 2.54. The molecule has 2 nitrogen and oxygen atoms in total. The zero-order valence-corrected chi connectivity index (χ0v) is 9.16. The zero-order valence-electron chi connectivity index (χ0n) is 6.83. The molecule has 0 fully saturated rings. The largest absolute Gasteiger partial charge is 0.437 e. The quantitative estimate of drug-likeness (QED) is 0.796. The summed E-state index contributed by atoms with van der Waals surface area (Å²) in [7, 11) is 0. The molecule has 1 aromatic carbocycles. The number of benzene rings is 1. The van der Waals surface area contributed by atoms with Gasteiger partial charge in [0, 0.05) is 11.1 Å². The molecule has 1 radical (unpaired) electrons. The Kier molecular flexibility index (Phi) is 2.91. The highest BCUT2D eigenvalue weighted by Crippen LogP contribution is 2.31. The number of ether oxygens (including phenoxy) is 1. The molecule has 1 aromatic heterocycles. The fourth-order valence-electron chi connectivity index (χ4n) is 0.889. The topological polar surface area (TPSA) is 22.1 Å². The minimum Gasteiger partial charge on any atom is -0.437 e. The Morgan fingerprint density at radius 1 is 1.36 bits per heavy atom. The summed E-state index contributed by atoms with van der Waals surface area (Å²) in [5, 5.41) is 2.81. The van der Waals surface area contributed by atoms with Crippen LogP contribution in [0, 0.1) is 5.51 Å². The second kappa shape index (κ2) is 4.17. The van der Waals surface area contributed by atoms with E-state index in [-0.39, 0.29) is 0 Å². The molecular formula is C9H4Cl2NOS. The van der Waals surface area contributed by atoms with Gasteiger partial charge in [0.25, 0.3) is 0 Å². The highest BCUT2D eigenvalue weighted by Gasteiger charge is 2.04. The van der Waals surface area contributed by atoms with Gasteiger partial charge in [0.15, 0.2) is 5.51 Å². The summed E-state index contributed by atoms with van der Waals surface area (Å²) < 4.78 is 5.38. The predicted octanol–water partition coefficient (Wildman–Crippen LogP) is 4.04. The molecule has 2 aromatic rings. The average Bonchev–Trinajstić information content (AvgIpc) is 2.64. The highest BCUT2D eigenvalue weighted by molar-refractivity contribution is 7.07. The molecular weight excluding hydrogens is 241 g/mol. The summed E-state index contributed by atoms with van der Waals surface area (Å²) in [6.45, 7) is 0. The summed E-state index contributed by atoms with van der Waals surface area (Å²) in [6, 6.07) is 5.02. The maximum absolute atomic E-state index is 5.89. The average molecular weight is 245 g/mol. The second-order valence-corrected chi connectivity index (χ2v) is 3.95. The normalized spacial score (nSPS) is 10.1. The number of hydrogen-bond donors (Lipinski definition) is 0. The van der Waals surface area contributed by atoms with Crippen LogP contribution in [0.3, 0.4) is 0 Å². The van der Waals surface area contributed by atoms with E-state index in [1.807, 2.05) is 0 Å². The van der Waals surface area contributed by atoms with E-state index in [9.17, 15) is 0 Å². The van der Waals surface area contributed by atoms with Crippen LogP contribution in [-0.2, 0) is 0 Å². The van der Waals surface area contributed by atoms with E-state index in [0.717, 1.165) is 0 Å². The SMILES string of the molecule is Clc1ccc(Cl)c(Oc2cs[c]n2)c1. The first-order valence-corrected chi connectivity index (χ1v) is 5.34. The van der Waals surface area contributed by atoms with Gasteiger partial charge in [0.05, 0.1) is 10.4 Å². The molecule has 71 valence electrons. The lowest BCUT2D eigenvalue weighted by atomic mass is 10.3. The van der Waals surface area contributed by atoms with Crippen molar-refractivity contribution in [2.45, 2.75) is 0 Å². The van der Waals surface area contributed by atoms with Crippen molar-refractivity contribution in [3.8, 4) is 11.6 Å². The van der Waals surface area contributed by atoms with Crippen LogP contribution in [0.2, 0.25) is 10.0 Å². The van der Waals surface area contributed by atoms with E-state index in [2.05, 4.69) is 10.5 Å². The van der Waals surface area contributed by atoms with E-state index < -0.39 is 0 Å². The maximum atomic E-state index is 5.89. The molecule has 0 unspecified atom stereocenters. The van der Waals surface area contributed by atoms with E-state index in [0.29, 0.717) is 21.7 Å². The van der Waals surface area contributed by atoms with Crippen LogP contribution >= 0.6 is 34.5 Å². The van der Waals surface area contributed by atoms with Crippen LogP contribution in [0.1, 0.15) is 0 Å². The smallest absolute Gasteiger partial charge is 0.230 e. The van der Waals surface area contributed by atoms with Gasteiger partial charge in [-0.1, -0.05) is 23.2 Å². The lowest BCUT2D eigenvalue weighted by Crippen LogP contribution is -1.84. The Balaban J connectivity index is 2.28. The van der Waals surface area contributed by atoms with Gasteiger partial charge in [0.2, 0.25) is 5.88 Å². The number of rotatable bonds is 2. The first-order chi connectivity index (χ1) is 6.75. The molecule has 0 bridgehead atoms. The molecule has 0 atom stereocenters. The number of halogens is 2. The minimum atomic E-state index is 0.471. The molecule has 14 heavy (non-hydrogen) atoms. The maximum Gasteiger partial charge on any atom is 0.230 e. The Bertz CT molecular complexity index is 430. The first-order valence-electron chi connectivity index (χ1n) is 3.70. The van der Waals surface area contributed by atoms with E-state index in [1.165, 1.54) is 11.3 Å². The summed E-state index contributed by atoms with van der Waals surface area (Å²) in [5.74, 6) is 0.970. The molecule has 0 saturated heterocycles. The van der Waals surface area contributed by atoms with Crippen molar-refractivity contribution in [3.05, 3.63) is 39.1 Å². The molecule has 0 saturated carbocycles. The number of hydrogen-bond acceptors (Lipinski definition) is 3. The van der Waals surface area contributed by atoms with Gasteiger partial charge in [-0.15, -0.1) is 11.3 Å². The van der Waals surface area contributed by atoms with Crippen LogP contribution in [0.4, 0.5) is 0 Å². The summed E-state index contributed by atoms with van der Waals surface area (Å²) >= 11 is 13.0. The van der Waals surface area contributed by atoms with Crippen LogP contribution in [-0.4, -0.2) is 4.98 Å². The van der Waals surface area contributed by atoms with Crippen LogP contribution in [0.25, 0.3) is 0 Å². The Morgan fingerprint density at radius 2 is 2.21 bits per heavy atom. The lowest BCUT2D eigenvalue weighted by molar-refractivity contribution is 0.466. The first kappa shape index (κ1) is 9.77. The fourth-order valence-corrected chi connectivity index (χ4v) is 1.60. The van der Waals surface area contributed by atoms with Crippen LogP contribution in [0.15, 0.2) is 23.6 Å². The van der Waals surface area contributed by atoms with Gasteiger partial charge in [-0.25, -0.2) is 0 Å². The molecule has 0 aliphatic carbocycles. The van der Waals surface area contributed by atoms with E-state index in [1.54, 1.807) is 23.6 Å². The van der Waals surface area contributed by atoms with Crippen molar-refractivity contribution in [1.29, 1.82) is 0 Å². The van der Waals surface area contributed by atoms with Gasteiger partial charge < -0.3 is 4.74 Å². The van der Waals surface area contributed by atoms with E-state index >= 15 is 0 Å².